The third-order valence-electron chi connectivity index (χ3n) is 2.87. The lowest BCUT2D eigenvalue weighted by Crippen LogP contribution is -2.28. The Morgan fingerprint density at radius 2 is 1.95 bits per heavy atom. The van der Waals surface area contributed by atoms with E-state index in [1.165, 1.54) is 26.0 Å². The van der Waals surface area contributed by atoms with Crippen LogP contribution in [0.15, 0.2) is 12.1 Å². The summed E-state index contributed by atoms with van der Waals surface area (Å²) in [5.74, 6) is -0.265. The van der Waals surface area contributed by atoms with E-state index in [4.69, 9.17) is 15.2 Å². The first kappa shape index (κ1) is 14.4. The van der Waals surface area contributed by atoms with Gasteiger partial charge in [-0.25, -0.2) is 8.42 Å². The normalized spacial score (nSPS) is 13.6. The monoisotopic (exact) mass is 300 g/mol. The highest BCUT2D eigenvalue weighted by Crippen LogP contribution is 2.38. The largest absolute Gasteiger partial charge is 0.454 e. The van der Waals surface area contributed by atoms with Crippen molar-refractivity contribution in [2.24, 2.45) is 0 Å². The Hall–Kier alpha value is -1.96. The summed E-state index contributed by atoms with van der Waals surface area (Å²) in [5, 5.41) is 1.86. The number of rotatable bonds is 4. The SMILES string of the molecule is CC(C)S(=O)(=O)CC(=O)Nc1cc2c(cc1N)OCO2. The summed E-state index contributed by atoms with van der Waals surface area (Å²) in [4.78, 5) is 11.8. The Morgan fingerprint density at radius 3 is 2.55 bits per heavy atom. The molecule has 8 heteroatoms. The van der Waals surface area contributed by atoms with Gasteiger partial charge in [0.15, 0.2) is 21.3 Å². The number of hydrogen-bond acceptors (Lipinski definition) is 6. The number of benzene rings is 1. The first-order chi connectivity index (χ1) is 9.29. The summed E-state index contributed by atoms with van der Waals surface area (Å²) in [5.41, 5.74) is 6.35. The molecule has 3 N–H and O–H groups in total. The number of anilines is 2. The van der Waals surface area contributed by atoms with Crippen molar-refractivity contribution in [3.63, 3.8) is 0 Å². The molecule has 0 saturated carbocycles. The first-order valence-electron chi connectivity index (χ1n) is 6.00. The average molecular weight is 300 g/mol. The van der Waals surface area contributed by atoms with Crippen molar-refractivity contribution < 1.29 is 22.7 Å². The van der Waals surface area contributed by atoms with Crippen LogP contribution in [0.25, 0.3) is 0 Å². The van der Waals surface area contributed by atoms with Crippen LogP contribution >= 0.6 is 0 Å². The molecule has 0 bridgehead atoms. The van der Waals surface area contributed by atoms with Gasteiger partial charge in [0.05, 0.1) is 16.6 Å². The number of nitrogens with one attached hydrogen (secondary N) is 1. The van der Waals surface area contributed by atoms with Crippen LogP contribution in [-0.4, -0.2) is 32.1 Å². The number of amides is 1. The zero-order chi connectivity index (χ0) is 14.9. The van der Waals surface area contributed by atoms with Gasteiger partial charge in [0.25, 0.3) is 0 Å². The number of hydrogen-bond donors (Lipinski definition) is 2. The summed E-state index contributed by atoms with van der Waals surface area (Å²) in [6.07, 6.45) is 0. The van der Waals surface area contributed by atoms with Crippen molar-refractivity contribution in [3.05, 3.63) is 12.1 Å². The van der Waals surface area contributed by atoms with Crippen LogP contribution < -0.4 is 20.5 Å². The Balaban J connectivity index is 2.13. The van der Waals surface area contributed by atoms with Gasteiger partial charge in [-0.1, -0.05) is 0 Å². The van der Waals surface area contributed by atoms with Crippen LogP contribution in [0.2, 0.25) is 0 Å². The van der Waals surface area contributed by atoms with Crippen molar-refractivity contribution >= 4 is 27.1 Å². The molecule has 0 unspecified atom stereocenters. The minimum Gasteiger partial charge on any atom is -0.454 e. The van der Waals surface area contributed by atoms with Crippen LogP contribution in [0.1, 0.15) is 13.8 Å². The Kier molecular flexibility index (Phi) is 3.76. The number of carbonyl (C=O) groups excluding carboxylic acids is 1. The highest BCUT2D eigenvalue weighted by Gasteiger charge is 2.22. The van der Waals surface area contributed by atoms with Crippen molar-refractivity contribution in [2.75, 3.05) is 23.6 Å². The summed E-state index contributed by atoms with van der Waals surface area (Å²) in [6, 6.07) is 3.03. The number of nitrogen functional groups attached to an aromatic ring is 1. The van der Waals surface area contributed by atoms with Crippen LogP contribution in [0.5, 0.6) is 11.5 Å². The molecule has 0 fully saturated rings. The zero-order valence-corrected chi connectivity index (χ0v) is 12.0. The minimum absolute atomic E-state index is 0.0912. The molecule has 0 saturated heterocycles. The summed E-state index contributed by atoms with van der Waals surface area (Å²) < 4.78 is 33.6. The third-order valence-corrected chi connectivity index (χ3v) is 4.97. The molecule has 1 aromatic carbocycles. The molecule has 0 aliphatic carbocycles. The first-order valence-corrected chi connectivity index (χ1v) is 7.71. The predicted octanol–water partition coefficient (Wildman–Crippen LogP) is 0.759. The number of carbonyl (C=O) groups is 1. The highest BCUT2D eigenvalue weighted by atomic mass is 32.2. The lowest BCUT2D eigenvalue weighted by atomic mass is 10.2. The standard InChI is InChI=1S/C12H16N2O5S/c1-7(2)20(16,17)5-12(15)14-9-4-11-10(3-8(9)13)18-6-19-11/h3-4,7H,5-6,13H2,1-2H3,(H,14,15). The molecular weight excluding hydrogens is 284 g/mol. The van der Waals surface area contributed by atoms with E-state index in [-0.39, 0.29) is 12.5 Å². The van der Waals surface area contributed by atoms with E-state index in [0.717, 1.165) is 0 Å². The van der Waals surface area contributed by atoms with Crippen LogP contribution in [0.4, 0.5) is 11.4 Å². The van der Waals surface area contributed by atoms with E-state index in [2.05, 4.69) is 5.32 Å². The predicted molar refractivity (Wildman–Crippen MR) is 74.5 cm³/mol. The van der Waals surface area contributed by atoms with Gasteiger partial charge in [-0.05, 0) is 13.8 Å². The Bertz CT molecular complexity index is 639. The van der Waals surface area contributed by atoms with Crippen molar-refractivity contribution in [3.8, 4) is 11.5 Å². The molecule has 1 aliphatic rings. The molecule has 1 aromatic rings. The zero-order valence-electron chi connectivity index (χ0n) is 11.2. The quantitative estimate of drug-likeness (QED) is 0.795. The molecule has 0 spiro atoms. The van der Waals surface area contributed by atoms with Gasteiger partial charge >= 0.3 is 0 Å². The molecule has 7 nitrogen and oxygen atoms in total. The van der Waals surface area contributed by atoms with E-state index in [9.17, 15) is 13.2 Å². The fraction of sp³-hybridized carbons (Fsp3) is 0.417. The van der Waals surface area contributed by atoms with Gasteiger partial charge < -0.3 is 20.5 Å². The van der Waals surface area contributed by atoms with Crippen LogP contribution in [0.3, 0.4) is 0 Å². The fourth-order valence-corrected chi connectivity index (χ4v) is 2.37. The lowest BCUT2D eigenvalue weighted by Gasteiger charge is -2.11. The molecule has 110 valence electrons. The van der Waals surface area contributed by atoms with Crippen molar-refractivity contribution in [1.82, 2.24) is 0 Å². The summed E-state index contributed by atoms with van der Waals surface area (Å²) in [7, 11) is -3.45. The molecule has 1 aliphatic heterocycles. The topological polar surface area (TPSA) is 108 Å². The van der Waals surface area contributed by atoms with Gasteiger partial charge in [-0.15, -0.1) is 0 Å². The maximum Gasteiger partial charge on any atom is 0.239 e. The van der Waals surface area contributed by atoms with Gasteiger partial charge in [0, 0.05) is 12.1 Å². The van der Waals surface area contributed by atoms with Crippen LogP contribution in [0, 0.1) is 0 Å². The molecule has 2 rings (SSSR count). The molecule has 20 heavy (non-hydrogen) atoms. The second-order valence-corrected chi connectivity index (χ2v) is 7.25. The second kappa shape index (κ2) is 5.20. The fourth-order valence-electron chi connectivity index (χ4n) is 1.60. The Labute approximate surface area is 117 Å². The van der Waals surface area contributed by atoms with E-state index in [0.29, 0.717) is 17.2 Å². The smallest absolute Gasteiger partial charge is 0.239 e. The number of sulfone groups is 1. The van der Waals surface area contributed by atoms with Crippen molar-refractivity contribution in [2.45, 2.75) is 19.1 Å². The number of ether oxygens (including phenoxy) is 2. The summed E-state index contributed by atoms with van der Waals surface area (Å²) >= 11 is 0. The van der Waals surface area contributed by atoms with E-state index in [1.54, 1.807) is 0 Å². The van der Waals surface area contributed by atoms with Crippen LogP contribution in [-0.2, 0) is 14.6 Å². The second-order valence-electron chi connectivity index (χ2n) is 4.70. The maximum atomic E-state index is 11.8. The summed E-state index contributed by atoms with van der Waals surface area (Å²) in [6.45, 7) is 3.14. The highest BCUT2D eigenvalue weighted by molar-refractivity contribution is 7.92. The Morgan fingerprint density at radius 1 is 1.35 bits per heavy atom. The third kappa shape index (κ3) is 2.96. The molecule has 0 aromatic heterocycles. The van der Waals surface area contributed by atoms with E-state index < -0.39 is 26.7 Å². The average Bonchev–Trinajstić information content (AvgIpc) is 2.75. The molecule has 1 amide bonds. The van der Waals surface area contributed by atoms with E-state index >= 15 is 0 Å². The van der Waals surface area contributed by atoms with E-state index in [1.807, 2.05) is 0 Å². The van der Waals surface area contributed by atoms with Gasteiger partial charge in [0.2, 0.25) is 12.7 Å². The van der Waals surface area contributed by atoms with Crippen molar-refractivity contribution in [1.29, 1.82) is 0 Å². The van der Waals surface area contributed by atoms with Gasteiger partial charge in [0.1, 0.15) is 5.75 Å². The molecular formula is C12H16N2O5S. The molecule has 0 radical (unpaired) electrons. The van der Waals surface area contributed by atoms with Gasteiger partial charge in [-0.3, -0.25) is 4.79 Å². The van der Waals surface area contributed by atoms with Gasteiger partial charge in [-0.2, -0.15) is 0 Å². The molecule has 1 heterocycles. The number of fused-ring (bicyclic) bond motifs is 1. The molecule has 0 atom stereocenters. The minimum atomic E-state index is -3.45. The number of nitrogens with two attached hydrogens (primary N) is 1. The maximum absolute atomic E-state index is 11.8. The lowest BCUT2D eigenvalue weighted by molar-refractivity contribution is -0.113.